The molecular weight excluding hydrogens is 460 g/mol. The number of thioether (sulfide) groups is 2. The van der Waals surface area contributed by atoms with Gasteiger partial charge in [-0.2, -0.15) is 0 Å². The number of aromatic nitrogens is 2. The molecule has 166 valence electrons. The van der Waals surface area contributed by atoms with E-state index in [1.165, 1.54) is 23.1 Å². The van der Waals surface area contributed by atoms with E-state index in [-0.39, 0.29) is 18.1 Å². The number of para-hydroxylation sites is 1. The quantitative estimate of drug-likeness (QED) is 0.468. The lowest BCUT2D eigenvalue weighted by molar-refractivity contribution is -0.116. The first kappa shape index (κ1) is 21.8. The van der Waals surface area contributed by atoms with Gasteiger partial charge in [-0.1, -0.05) is 65.6 Å². The molecule has 0 aliphatic carbocycles. The molecule has 1 amide bonds. The Kier molecular flexibility index (Phi) is 6.97. The highest BCUT2D eigenvalue weighted by Gasteiger charge is 2.32. The van der Waals surface area contributed by atoms with E-state index in [4.69, 9.17) is 4.74 Å². The second kappa shape index (κ2) is 10.2. The summed E-state index contributed by atoms with van der Waals surface area (Å²) in [5, 5.41) is 12.6. The van der Waals surface area contributed by atoms with Crippen molar-refractivity contribution in [1.29, 1.82) is 0 Å². The first-order valence-electron chi connectivity index (χ1n) is 10.7. The summed E-state index contributed by atoms with van der Waals surface area (Å²) in [6.45, 7) is 1.59. The summed E-state index contributed by atoms with van der Waals surface area (Å²) in [4.78, 5) is 16.6. The van der Waals surface area contributed by atoms with Gasteiger partial charge in [-0.15, -0.1) is 22.0 Å². The molecule has 2 aromatic carbocycles. The molecule has 1 aromatic heterocycles. The molecular formula is C23H24N4O2S3. The minimum absolute atomic E-state index is 0.0160. The lowest BCUT2D eigenvalue weighted by Gasteiger charge is -2.37. The lowest BCUT2D eigenvalue weighted by atomic mass is 10.1. The third kappa shape index (κ3) is 4.96. The molecule has 32 heavy (non-hydrogen) atoms. The summed E-state index contributed by atoms with van der Waals surface area (Å²) in [6.07, 6.45) is 2.46. The summed E-state index contributed by atoms with van der Waals surface area (Å²) in [7, 11) is 0. The summed E-state index contributed by atoms with van der Waals surface area (Å²) in [5.74, 6) is 1.25. The number of hydrogen-bond acceptors (Lipinski definition) is 8. The average Bonchev–Trinajstić information content (AvgIpc) is 3.53. The van der Waals surface area contributed by atoms with Crippen LogP contribution in [-0.4, -0.2) is 46.9 Å². The predicted octanol–water partition coefficient (Wildman–Crippen LogP) is 5.10. The maximum absolute atomic E-state index is 13.4. The number of rotatable bonds is 7. The first-order valence-corrected chi connectivity index (χ1v) is 13.5. The summed E-state index contributed by atoms with van der Waals surface area (Å²) >= 11 is 4.74. The van der Waals surface area contributed by atoms with Crippen LogP contribution < -0.4 is 10.2 Å². The largest absolute Gasteiger partial charge is 0.376 e. The number of anilines is 2. The Morgan fingerprint density at radius 2 is 2.00 bits per heavy atom. The van der Waals surface area contributed by atoms with Gasteiger partial charge in [0, 0.05) is 23.8 Å². The van der Waals surface area contributed by atoms with Crippen molar-refractivity contribution < 1.29 is 9.53 Å². The zero-order valence-corrected chi connectivity index (χ0v) is 19.9. The molecule has 2 atom stereocenters. The number of carbonyl (C=O) groups excluding carboxylic acids is 1. The highest BCUT2D eigenvalue weighted by molar-refractivity contribution is 8.01. The molecule has 1 fully saturated rings. The van der Waals surface area contributed by atoms with E-state index in [0.717, 1.165) is 57.4 Å². The fraction of sp³-hybridized carbons (Fsp3) is 0.348. The number of fused-ring (bicyclic) bond motifs is 1. The Balaban J connectivity index is 1.27. The molecule has 0 saturated carbocycles. The third-order valence-corrected chi connectivity index (χ3v) is 8.65. The summed E-state index contributed by atoms with van der Waals surface area (Å²) in [6, 6.07) is 18.4. The number of carbonyl (C=O) groups is 1. The number of hydrogen-bond donors (Lipinski definition) is 1. The Hall–Kier alpha value is -2.07. The Morgan fingerprint density at radius 1 is 1.16 bits per heavy atom. The van der Waals surface area contributed by atoms with Crippen LogP contribution in [0.5, 0.6) is 0 Å². The van der Waals surface area contributed by atoms with E-state index in [0.29, 0.717) is 5.75 Å². The number of ether oxygens (including phenoxy) is 1. The van der Waals surface area contributed by atoms with Gasteiger partial charge in [0.2, 0.25) is 11.0 Å². The van der Waals surface area contributed by atoms with Crippen molar-refractivity contribution in [3.05, 3.63) is 60.2 Å². The van der Waals surface area contributed by atoms with Gasteiger partial charge in [0.1, 0.15) is 0 Å². The van der Waals surface area contributed by atoms with Gasteiger partial charge in [0.05, 0.1) is 23.6 Å². The second-order valence-corrected chi connectivity index (χ2v) is 10.9. The highest BCUT2D eigenvalue weighted by atomic mass is 32.2. The van der Waals surface area contributed by atoms with Crippen molar-refractivity contribution >= 4 is 51.6 Å². The molecule has 5 rings (SSSR count). The van der Waals surface area contributed by atoms with Crippen molar-refractivity contribution in [3.8, 4) is 0 Å². The molecule has 2 aliphatic heterocycles. The SMILES string of the molecule is O=C(CSc1nnc(NC[C@@H]2CCCO2)s1)N1c2ccccc2SC[C@@H]1c1ccccc1. The van der Waals surface area contributed by atoms with E-state index in [2.05, 4.69) is 33.7 Å². The smallest absolute Gasteiger partial charge is 0.238 e. The minimum atomic E-state index is 0.0160. The van der Waals surface area contributed by atoms with Crippen molar-refractivity contribution in [1.82, 2.24) is 10.2 Å². The molecule has 9 heteroatoms. The van der Waals surface area contributed by atoms with Gasteiger partial charge >= 0.3 is 0 Å². The van der Waals surface area contributed by atoms with E-state index < -0.39 is 0 Å². The van der Waals surface area contributed by atoms with E-state index in [9.17, 15) is 4.79 Å². The van der Waals surface area contributed by atoms with Crippen LogP contribution in [0.2, 0.25) is 0 Å². The van der Waals surface area contributed by atoms with Crippen LogP contribution in [0, 0.1) is 0 Å². The van der Waals surface area contributed by atoms with Gasteiger partial charge in [0.15, 0.2) is 4.34 Å². The van der Waals surface area contributed by atoms with Crippen LogP contribution in [0.25, 0.3) is 0 Å². The standard InChI is InChI=1S/C23H24N4O2S3/c28-21(15-31-23-26-25-22(32-23)24-13-17-9-6-12-29-17)27-18-10-4-5-11-20(18)30-14-19(27)16-7-2-1-3-8-16/h1-5,7-8,10-11,17,19H,6,9,12-15H2,(H,24,25)/t17-,19+/m0/s1. The number of benzene rings is 2. The molecule has 0 radical (unpaired) electrons. The van der Waals surface area contributed by atoms with Crippen LogP contribution in [0.1, 0.15) is 24.4 Å². The Morgan fingerprint density at radius 3 is 2.84 bits per heavy atom. The van der Waals surface area contributed by atoms with Crippen molar-refractivity contribution in [2.75, 3.05) is 34.9 Å². The highest BCUT2D eigenvalue weighted by Crippen LogP contribution is 2.43. The van der Waals surface area contributed by atoms with Crippen molar-refractivity contribution in [2.45, 2.75) is 34.2 Å². The molecule has 0 bridgehead atoms. The van der Waals surface area contributed by atoms with Gasteiger partial charge in [-0.05, 0) is 30.5 Å². The molecule has 2 aliphatic rings. The Bertz CT molecular complexity index is 1060. The maximum Gasteiger partial charge on any atom is 0.238 e. The Labute approximate surface area is 200 Å². The number of nitrogens with zero attached hydrogens (tertiary/aromatic N) is 3. The summed E-state index contributed by atoms with van der Waals surface area (Å²) < 4.78 is 6.44. The molecule has 1 N–H and O–H groups in total. The zero-order valence-electron chi connectivity index (χ0n) is 17.5. The van der Waals surface area contributed by atoms with Crippen molar-refractivity contribution in [3.63, 3.8) is 0 Å². The lowest BCUT2D eigenvalue weighted by Crippen LogP contribution is -2.39. The molecule has 6 nitrogen and oxygen atoms in total. The van der Waals surface area contributed by atoms with Crippen LogP contribution in [-0.2, 0) is 9.53 Å². The van der Waals surface area contributed by atoms with Gasteiger partial charge < -0.3 is 15.0 Å². The molecule has 0 unspecified atom stereocenters. The number of amides is 1. The van der Waals surface area contributed by atoms with E-state index in [1.54, 1.807) is 11.8 Å². The predicted molar refractivity (Wildman–Crippen MR) is 132 cm³/mol. The van der Waals surface area contributed by atoms with Gasteiger partial charge in [-0.3, -0.25) is 4.79 Å². The molecule has 3 aromatic rings. The summed E-state index contributed by atoms with van der Waals surface area (Å²) in [5.41, 5.74) is 2.14. The fourth-order valence-electron chi connectivity index (χ4n) is 3.96. The van der Waals surface area contributed by atoms with Crippen LogP contribution >= 0.6 is 34.9 Å². The van der Waals surface area contributed by atoms with Crippen molar-refractivity contribution in [2.24, 2.45) is 0 Å². The minimum Gasteiger partial charge on any atom is -0.376 e. The maximum atomic E-state index is 13.4. The normalized spacial score (nSPS) is 20.2. The third-order valence-electron chi connectivity index (χ3n) is 5.52. The zero-order chi connectivity index (χ0) is 21.8. The van der Waals surface area contributed by atoms with Crippen LogP contribution in [0.3, 0.4) is 0 Å². The second-order valence-electron chi connectivity index (χ2n) is 7.65. The number of nitrogens with one attached hydrogen (secondary N) is 1. The molecule has 0 spiro atoms. The van der Waals surface area contributed by atoms with Gasteiger partial charge in [-0.25, -0.2) is 0 Å². The van der Waals surface area contributed by atoms with Gasteiger partial charge in [0.25, 0.3) is 0 Å². The molecule has 1 saturated heterocycles. The van der Waals surface area contributed by atoms with E-state index >= 15 is 0 Å². The first-order chi connectivity index (χ1) is 15.8. The van der Waals surface area contributed by atoms with Crippen LogP contribution in [0.4, 0.5) is 10.8 Å². The monoisotopic (exact) mass is 484 g/mol. The van der Waals surface area contributed by atoms with E-state index in [1.807, 2.05) is 41.3 Å². The van der Waals surface area contributed by atoms with Crippen LogP contribution in [0.15, 0.2) is 63.8 Å². The fourth-order valence-corrected chi connectivity index (χ4v) is 6.74. The molecule has 3 heterocycles. The average molecular weight is 485 g/mol. The topological polar surface area (TPSA) is 67.3 Å².